The van der Waals surface area contributed by atoms with Crippen LogP contribution in [0.25, 0.3) is 0 Å². The molecule has 1 rings (SSSR count). The van der Waals surface area contributed by atoms with E-state index in [2.05, 4.69) is 21.2 Å². The molecule has 0 aliphatic carbocycles. The molecule has 2 nitrogen and oxygen atoms in total. The van der Waals surface area contributed by atoms with Crippen molar-refractivity contribution in [3.8, 4) is 0 Å². The van der Waals surface area contributed by atoms with Crippen molar-refractivity contribution < 1.29 is 5.11 Å². The predicted octanol–water partition coefficient (Wildman–Crippen LogP) is 0.745. The van der Waals surface area contributed by atoms with Gasteiger partial charge < -0.3 is 10.4 Å². The predicted molar refractivity (Wildman–Crippen MR) is 40.2 cm³/mol. The lowest BCUT2D eigenvalue weighted by molar-refractivity contribution is 0.328. The molecular weight excluding hydrogens is 182 g/mol. The molecule has 0 radical (unpaired) electrons. The molecule has 2 N–H and O–H groups in total. The molecule has 0 unspecified atom stereocenters. The molecule has 0 aromatic carbocycles. The highest BCUT2D eigenvalue weighted by molar-refractivity contribution is 9.11. The van der Waals surface area contributed by atoms with E-state index in [0.29, 0.717) is 0 Å². The van der Waals surface area contributed by atoms with Crippen LogP contribution in [0.1, 0.15) is 0 Å². The van der Waals surface area contributed by atoms with Gasteiger partial charge in [0.1, 0.15) is 0 Å². The average molecular weight is 190 g/mol. The van der Waals surface area contributed by atoms with E-state index in [-0.39, 0.29) is 6.61 Å². The summed E-state index contributed by atoms with van der Waals surface area (Å²) in [5, 5.41) is 11.7. The summed E-state index contributed by atoms with van der Waals surface area (Å²) >= 11 is 3.28. The first-order valence-electron chi connectivity index (χ1n) is 2.72. The Morgan fingerprint density at radius 2 is 2.56 bits per heavy atom. The van der Waals surface area contributed by atoms with Crippen LogP contribution in [-0.4, -0.2) is 18.3 Å². The molecule has 0 spiro atoms. The second-order valence-corrected chi connectivity index (χ2v) is 2.79. The summed E-state index contributed by atoms with van der Waals surface area (Å²) in [6, 6.07) is 0. The van der Waals surface area contributed by atoms with Crippen LogP contribution in [0, 0.1) is 0 Å². The summed E-state index contributed by atoms with van der Waals surface area (Å²) in [6.07, 6.45) is 3.77. The van der Waals surface area contributed by atoms with Crippen LogP contribution in [0.4, 0.5) is 0 Å². The average Bonchev–Trinajstić information content (AvgIpc) is 1.88. The minimum Gasteiger partial charge on any atom is -0.392 e. The fourth-order valence-electron chi connectivity index (χ4n) is 0.669. The Hall–Kier alpha value is -0.280. The molecule has 50 valence electrons. The van der Waals surface area contributed by atoms with E-state index in [1.165, 1.54) is 0 Å². The van der Waals surface area contributed by atoms with Gasteiger partial charge in [-0.1, -0.05) is 0 Å². The molecule has 1 heterocycles. The number of dihydropyridines is 1. The van der Waals surface area contributed by atoms with Gasteiger partial charge in [0, 0.05) is 17.2 Å². The van der Waals surface area contributed by atoms with Crippen molar-refractivity contribution in [2.75, 3.05) is 13.2 Å². The van der Waals surface area contributed by atoms with Crippen LogP contribution >= 0.6 is 15.9 Å². The highest BCUT2D eigenvalue weighted by atomic mass is 79.9. The Morgan fingerprint density at radius 1 is 1.78 bits per heavy atom. The van der Waals surface area contributed by atoms with Gasteiger partial charge in [-0.3, -0.25) is 0 Å². The molecule has 0 aromatic heterocycles. The summed E-state index contributed by atoms with van der Waals surface area (Å²) < 4.78 is 0.984. The van der Waals surface area contributed by atoms with Crippen molar-refractivity contribution in [2.45, 2.75) is 0 Å². The quantitative estimate of drug-likeness (QED) is 0.639. The van der Waals surface area contributed by atoms with E-state index >= 15 is 0 Å². The molecule has 0 bridgehead atoms. The van der Waals surface area contributed by atoms with Crippen LogP contribution in [-0.2, 0) is 0 Å². The van der Waals surface area contributed by atoms with E-state index < -0.39 is 0 Å². The minimum atomic E-state index is 0.135. The van der Waals surface area contributed by atoms with Crippen LogP contribution in [0.3, 0.4) is 0 Å². The number of aliphatic hydroxyl groups is 1. The van der Waals surface area contributed by atoms with Gasteiger partial charge in [0.2, 0.25) is 0 Å². The fraction of sp³-hybridized carbons (Fsp3) is 0.333. The van der Waals surface area contributed by atoms with E-state index in [0.717, 1.165) is 16.6 Å². The maximum Gasteiger partial charge on any atom is 0.0662 e. The first-order chi connectivity index (χ1) is 4.33. The van der Waals surface area contributed by atoms with Gasteiger partial charge in [0.15, 0.2) is 0 Å². The summed E-state index contributed by atoms with van der Waals surface area (Å²) in [5.74, 6) is 0. The zero-order valence-corrected chi connectivity index (χ0v) is 6.48. The lowest BCUT2D eigenvalue weighted by atomic mass is 10.2. The number of allylic oxidation sites excluding steroid dienone is 2. The summed E-state index contributed by atoms with van der Waals surface area (Å²) in [6.45, 7) is 0.890. The summed E-state index contributed by atoms with van der Waals surface area (Å²) in [4.78, 5) is 0. The monoisotopic (exact) mass is 189 g/mol. The minimum absolute atomic E-state index is 0.135. The molecule has 0 atom stereocenters. The number of rotatable bonds is 1. The summed E-state index contributed by atoms with van der Waals surface area (Å²) in [5.41, 5.74) is 1.00. The van der Waals surface area contributed by atoms with Crippen molar-refractivity contribution in [3.63, 3.8) is 0 Å². The Labute approximate surface area is 62.4 Å². The summed E-state index contributed by atoms with van der Waals surface area (Å²) in [7, 11) is 0. The number of hydrogen-bond acceptors (Lipinski definition) is 2. The third-order valence-corrected chi connectivity index (χ3v) is 1.57. The van der Waals surface area contributed by atoms with Crippen LogP contribution in [0.5, 0.6) is 0 Å². The Morgan fingerprint density at radius 3 is 3.00 bits per heavy atom. The lowest BCUT2D eigenvalue weighted by Gasteiger charge is -2.09. The van der Waals surface area contributed by atoms with E-state index in [9.17, 15) is 0 Å². The first kappa shape index (κ1) is 6.83. The standard InChI is InChI=1S/C6H8BrNO/c7-6-1-5(4-9)2-8-3-6/h1,3,8-9H,2,4H2. The maximum atomic E-state index is 8.65. The van der Waals surface area contributed by atoms with Gasteiger partial charge in [-0.05, 0) is 27.6 Å². The smallest absolute Gasteiger partial charge is 0.0662 e. The number of halogens is 1. The molecule has 0 saturated heterocycles. The van der Waals surface area contributed by atoms with Gasteiger partial charge in [0.25, 0.3) is 0 Å². The van der Waals surface area contributed by atoms with E-state index in [1.54, 1.807) is 0 Å². The van der Waals surface area contributed by atoms with Gasteiger partial charge in [-0.2, -0.15) is 0 Å². The number of aliphatic hydroxyl groups excluding tert-OH is 1. The first-order valence-corrected chi connectivity index (χ1v) is 3.51. The Balaban J connectivity index is 2.63. The number of nitrogens with one attached hydrogen (secondary N) is 1. The largest absolute Gasteiger partial charge is 0.392 e. The number of hydrogen-bond donors (Lipinski definition) is 2. The zero-order valence-electron chi connectivity index (χ0n) is 4.89. The van der Waals surface area contributed by atoms with E-state index in [4.69, 9.17) is 5.11 Å². The Kier molecular flexibility index (Phi) is 2.30. The van der Waals surface area contributed by atoms with Crippen LogP contribution in [0.15, 0.2) is 22.3 Å². The molecule has 0 fully saturated rings. The van der Waals surface area contributed by atoms with Crippen molar-refractivity contribution in [2.24, 2.45) is 0 Å². The highest BCUT2D eigenvalue weighted by Gasteiger charge is 1.99. The third kappa shape index (κ3) is 1.84. The maximum absolute atomic E-state index is 8.65. The van der Waals surface area contributed by atoms with Gasteiger partial charge >= 0.3 is 0 Å². The SMILES string of the molecule is OCC1=CC(Br)=CNC1. The third-order valence-electron chi connectivity index (χ3n) is 1.11. The van der Waals surface area contributed by atoms with Gasteiger partial charge in [-0.25, -0.2) is 0 Å². The highest BCUT2D eigenvalue weighted by Crippen LogP contribution is 2.11. The van der Waals surface area contributed by atoms with Crippen molar-refractivity contribution in [3.05, 3.63) is 22.3 Å². The second-order valence-electron chi connectivity index (χ2n) is 1.87. The normalized spacial score (nSPS) is 18.0. The second kappa shape index (κ2) is 3.03. The topological polar surface area (TPSA) is 32.3 Å². The molecule has 1 aliphatic heterocycles. The zero-order chi connectivity index (χ0) is 6.69. The van der Waals surface area contributed by atoms with E-state index in [1.807, 2.05) is 12.3 Å². The molecule has 9 heavy (non-hydrogen) atoms. The Bertz CT molecular complexity index is 162. The molecule has 1 aliphatic rings. The lowest BCUT2D eigenvalue weighted by Crippen LogP contribution is -2.15. The fourth-order valence-corrected chi connectivity index (χ4v) is 1.15. The molecule has 0 amide bonds. The molecule has 0 aromatic rings. The van der Waals surface area contributed by atoms with Crippen molar-refractivity contribution in [1.29, 1.82) is 0 Å². The van der Waals surface area contributed by atoms with Crippen molar-refractivity contribution >= 4 is 15.9 Å². The van der Waals surface area contributed by atoms with Crippen LogP contribution in [0.2, 0.25) is 0 Å². The van der Waals surface area contributed by atoms with Crippen LogP contribution < -0.4 is 5.32 Å². The van der Waals surface area contributed by atoms with Gasteiger partial charge in [-0.15, -0.1) is 0 Å². The van der Waals surface area contributed by atoms with Gasteiger partial charge in [0.05, 0.1) is 6.61 Å². The van der Waals surface area contributed by atoms with Crippen molar-refractivity contribution in [1.82, 2.24) is 5.32 Å². The molecule has 0 saturated carbocycles. The molecular formula is C6H8BrNO. The molecule has 3 heteroatoms.